The Kier molecular flexibility index (Phi) is 7.15. The third kappa shape index (κ3) is 4.91. The summed E-state index contributed by atoms with van der Waals surface area (Å²) < 4.78 is 4.70. The molecular formula is C8H17NO8. The molecule has 1 aliphatic rings. The van der Waals surface area contributed by atoms with Crippen molar-refractivity contribution >= 4 is 5.97 Å². The molecule has 0 radical (unpaired) electrons. The van der Waals surface area contributed by atoms with E-state index in [1.807, 2.05) is 0 Å². The molecule has 0 aromatic rings. The van der Waals surface area contributed by atoms with Crippen molar-refractivity contribution in [1.82, 2.24) is 0 Å². The number of aliphatic hydroxyl groups excluding tert-OH is 5. The summed E-state index contributed by atoms with van der Waals surface area (Å²) in [6.07, 6.45) is -4.85. The van der Waals surface area contributed by atoms with Crippen molar-refractivity contribution in [2.24, 2.45) is 5.73 Å². The fourth-order valence-electron chi connectivity index (χ4n) is 1.12. The molecule has 0 bridgehead atoms. The SMILES string of the molecule is N[C@@H]1[C@@H](O)[C@H](O)[C@@H](CO)O[C@H]1O.O=C(O)CO. The second-order valence-electron chi connectivity index (χ2n) is 3.36. The van der Waals surface area contributed by atoms with Crippen LogP contribution in [0.3, 0.4) is 0 Å². The van der Waals surface area contributed by atoms with Gasteiger partial charge in [0.15, 0.2) is 6.29 Å². The molecule has 9 nitrogen and oxygen atoms in total. The molecule has 0 unspecified atom stereocenters. The van der Waals surface area contributed by atoms with Crippen LogP contribution in [0.25, 0.3) is 0 Å². The summed E-state index contributed by atoms with van der Waals surface area (Å²) >= 11 is 0. The van der Waals surface area contributed by atoms with Gasteiger partial charge in [-0.15, -0.1) is 0 Å². The van der Waals surface area contributed by atoms with Crippen LogP contribution in [-0.2, 0) is 9.53 Å². The van der Waals surface area contributed by atoms with E-state index in [2.05, 4.69) is 0 Å². The monoisotopic (exact) mass is 255 g/mol. The van der Waals surface area contributed by atoms with E-state index >= 15 is 0 Å². The Balaban J connectivity index is 0.000000437. The van der Waals surface area contributed by atoms with Gasteiger partial charge in [0.2, 0.25) is 0 Å². The quantitative estimate of drug-likeness (QED) is 0.258. The molecule has 1 aliphatic heterocycles. The van der Waals surface area contributed by atoms with E-state index in [9.17, 15) is 10.2 Å². The topological polar surface area (TPSA) is 174 Å². The van der Waals surface area contributed by atoms with Gasteiger partial charge in [0.1, 0.15) is 24.9 Å². The number of carbonyl (C=O) groups is 1. The van der Waals surface area contributed by atoms with Crippen molar-refractivity contribution in [2.75, 3.05) is 13.2 Å². The smallest absolute Gasteiger partial charge is 0.329 e. The Hall–Kier alpha value is -0.810. The first-order chi connectivity index (χ1) is 7.84. The van der Waals surface area contributed by atoms with E-state index in [4.69, 9.17) is 35.7 Å². The minimum absolute atomic E-state index is 0.470. The van der Waals surface area contributed by atoms with E-state index in [0.717, 1.165) is 0 Å². The van der Waals surface area contributed by atoms with E-state index in [1.54, 1.807) is 0 Å². The molecule has 8 N–H and O–H groups in total. The molecule has 1 fully saturated rings. The van der Waals surface area contributed by atoms with Gasteiger partial charge in [0.25, 0.3) is 0 Å². The summed E-state index contributed by atoms with van der Waals surface area (Å²) in [4.78, 5) is 9.12. The standard InChI is InChI=1S/C6H13NO5.C2H4O3/c7-3-5(10)4(9)2(1-8)12-6(3)11;3-1-2(4)5/h2-6,8-11H,1,7H2;3H,1H2,(H,4,5)/t2-,3-,4-,5-,6-;/m1./s1. The van der Waals surface area contributed by atoms with Crippen LogP contribution in [-0.4, -0.2) is 80.5 Å². The summed E-state index contributed by atoms with van der Waals surface area (Å²) in [5.41, 5.74) is 5.26. The van der Waals surface area contributed by atoms with Gasteiger partial charge in [0, 0.05) is 0 Å². The summed E-state index contributed by atoms with van der Waals surface area (Å²) in [5, 5.41) is 51.1. The van der Waals surface area contributed by atoms with Crippen molar-refractivity contribution in [3.8, 4) is 0 Å². The zero-order chi connectivity index (χ0) is 13.6. The highest BCUT2D eigenvalue weighted by Crippen LogP contribution is 2.17. The number of carboxylic acid groups (broad SMARTS) is 1. The lowest BCUT2D eigenvalue weighted by Gasteiger charge is -2.38. The molecule has 17 heavy (non-hydrogen) atoms. The maximum absolute atomic E-state index is 9.20. The first-order valence-corrected chi connectivity index (χ1v) is 4.73. The third-order valence-electron chi connectivity index (χ3n) is 2.08. The Morgan fingerprint density at radius 3 is 2.00 bits per heavy atom. The first-order valence-electron chi connectivity index (χ1n) is 4.73. The minimum Gasteiger partial charge on any atom is -0.480 e. The van der Waals surface area contributed by atoms with Gasteiger partial charge in [-0.2, -0.15) is 0 Å². The molecule has 0 aromatic heterocycles. The Morgan fingerprint density at radius 2 is 1.65 bits per heavy atom. The summed E-state index contributed by atoms with van der Waals surface area (Å²) in [6.45, 7) is -1.25. The van der Waals surface area contributed by atoms with Gasteiger partial charge < -0.3 is 41.1 Å². The van der Waals surface area contributed by atoms with Crippen molar-refractivity contribution < 1.29 is 40.2 Å². The van der Waals surface area contributed by atoms with Crippen LogP contribution in [0, 0.1) is 0 Å². The van der Waals surface area contributed by atoms with Crippen molar-refractivity contribution in [3.63, 3.8) is 0 Å². The molecule has 0 amide bonds. The highest BCUT2D eigenvalue weighted by atomic mass is 16.6. The minimum atomic E-state index is -1.35. The van der Waals surface area contributed by atoms with E-state index in [-0.39, 0.29) is 0 Å². The van der Waals surface area contributed by atoms with Gasteiger partial charge in [-0.3, -0.25) is 0 Å². The molecule has 102 valence electrons. The van der Waals surface area contributed by atoms with Crippen molar-refractivity contribution in [2.45, 2.75) is 30.6 Å². The second kappa shape index (κ2) is 7.50. The molecule has 0 aliphatic carbocycles. The van der Waals surface area contributed by atoms with E-state index < -0.39 is 49.8 Å². The zero-order valence-electron chi connectivity index (χ0n) is 8.88. The number of nitrogens with two attached hydrogens (primary N) is 1. The maximum atomic E-state index is 9.20. The van der Waals surface area contributed by atoms with Crippen molar-refractivity contribution in [3.05, 3.63) is 0 Å². The highest BCUT2D eigenvalue weighted by molar-refractivity contribution is 5.67. The van der Waals surface area contributed by atoms with Crippen LogP contribution in [0.4, 0.5) is 0 Å². The van der Waals surface area contributed by atoms with E-state index in [1.165, 1.54) is 0 Å². The number of hydrogen-bond acceptors (Lipinski definition) is 8. The van der Waals surface area contributed by atoms with Gasteiger partial charge >= 0.3 is 5.97 Å². The van der Waals surface area contributed by atoms with Crippen LogP contribution in [0.15, 0.2) is 0 Å². The predicted octanol–water partition coefficient (Wildman–Crippen LogP) is -4.19. The number of aliphatic hydroxyl groups is 5. The van der Waals surface area contributed by atoms with Crippen LogP contribution < -0.4 is 5.73 Å². The molecule has 1 heterocycles. The summed E-state index contributed by atoms with van der Waals surface area (Å²) in [5.74, 6) is -1.19. The summed E-state index contributed by atoms with van der Waals surface area (Å²) in [7, 11) is 0. The molecule has 5 atom stereocenters. The van der Waals surface area contributed by atoms with Gasteiger partial charge in [-0.05, 0) is 0 Å². The Bertz CT molecular complexity index is 233. The van der Waals surface area contributed by atoms with Crippen LogP contribution in [0.1, 0.15) is 0 Å². The zero-order valence-corrected chi connectivity index (χ0v) is 8.88. The Labute approximate surface area is 96.7 Å². The lowest BCUT2D eigenvalue weighted by atomic mass is 9.98. The van der Waals surface area contributed by atoms with Gasteiger partial charge in [-0.25, -0.2) is 4.79 Å². The third-order valence-corrected chi connectivity index (χ3v) is 2.08. The van der Waals surface area contributed by atoms with Gasteiger partial charge in [0.05, 0.1) is 12.6 Å². The average Bonchev–Trinajstić information content (AvgIpc) is 2.31. The number of ether oxygens (including phenoxy) is 1. The maximum Gasteiger partial charge on any atom is 0.329 e. The first kappa shape index (κ1) is 16.2. The normalized spacial score (nSPS) is 36.9. The number of carboxylic acids is 1. The fraction of sp³-hybridized carbons (Fsp3) is 0.875. The van der Waals surface area contributed by atoms with E-state index in [0.29, 0.717) is 0 Å². The number of hydrogen-bond donors (Lipinski definition) is 7. The largest absolute Gasteiger partial charge is 0.480 e. The summed E-state index contributed by atoms with van der Waals surface area (Å²) in [6, 6.07) is -1.04. The molecule has 0 saturated carbocycles. The van der Waals surface area contributed by atoms with Crippen LogP contribution >= 0.6 is 0 Å². The predicted molar refractivity (Wildman–Crippen MR) is 52.7 cm³/mol. The van der Waals surface area contributed by atoms with Gasteiger partial charge in [-0.1, -0.05) is 0 Å². The Morgan fingerprint density at radius 1 is 1.18 bits per heavy atom. The lowest BCUT2D eigenvalue weighted by molar-refractivity contribution is -0.248. The van der Waals surface area contributed by atoms with Crippen LogP contribution in [0.2, 0.25) is 0 Å². The van der Waals surface area contributed by atoms with Crippen LogP contribution in [0.5, 0.6) is 0 Å². The number of aliphatic carboxylic acids is 1. The molecule has 0 spiro atoms. The van der Waals surface area contributed by atoms with Crippen molar-refractivity contribution in [1.29, 1.82) is 0 Å². The highest BCUT2D eigenvalue weighted by Gasteiger charge is 2.41. The number of rotatable bonds is 2. The molecule has 1 rings (SSSR count). The molecule has 0 aromatic carbocycles. The fourth-order valence-corrected chi connectivity index (χ4v) is 1.12. The molecule has 9 heteroatoms. The molecule has 1 saturated heterocycles. The average molecular weight is 255 g/mol. The lowest BCUT2D eigenvalue weighted by Crippen LogP contribution is -2.61. The second-order valence-corrected chi connectivity index (χ2v) is 3.36. The molecular weight excluding hydrogens is 238 g/mol.